The summed E-state index contributed by atoms with van der Waals surface area (Å²) in [5.41, 5.74) is -0.274. The molecular weight excluding hydrogens is 293 g/mol. The van der Waals surface area contributed by atoms with Crippen molar-refractivity contribution in [3.63, 3.8) is 0 Å². The van der Waals surface area contributed by atoms with E-state index in [4.69, 9.17) is 14.9 Å². The quantitative estimate of drug-likeness (QED) is 0.807. The fourth-order valence-electron chi connectivity index (χ4n) is 2.02. The van der Waals surface area contributed by atoms with Crippen LogP contribution >= 0.6 is 0 Å². The Hall–Kier alpha value is -2.83. The van der Waals surface area contributed by atoms with Gasteiger partial charge in [0.05, 0.1) is 6.08 Å². The number of ether oxygens (including phenoxy) is 1. The lowest BCUT2D eigenvalue weighted by Gasteiger charge is -2.28. The highest BCUT2D eigenvalue weighted by molar-refractivity contribution is 5.94. The van der Waals surface area contributed by atoms with E-state index in [0.29, 0.717) is 30.6 Å². The summed E-state index contributed by atoms with van der Waals surface area (Å²) in [5.74, 6) is -1.85. The molecule has 0 saturated heterocycles. The topological polar surface area (TPSA) is 87.1 Å². The number of aliphatic carboxylic acids is 2. The van der Waals surface area contributed by atoms with Crippen molar-refractivity contribution < 1.29 is 28.9 Å². The van der Waals surface area contributed by atoms with Crippen molar-refractivity contribution in [1.82, 2.24) is 4.90 Å². The highest BCUT2D eigenvalue weighted by Crippen LogP contribution is 2.20. The van der Waals surface area contributed by atoms with Crippen molar-refractivity contribution in [2.45, 2.75) is 6.42 Å². The zero-order valence-electron chi connectivity index (χ0n) is 11.5. The third-order valence-electron chi connectivity index (χ3n) is 3.05. The van der Waals surface area contributed by atoms with Gasteiger partial charge in [-0.2, -0.15) is 0 Å². The molecule has 0 fully saturated rings. The van der Waals surface area contributed by atoms with E-state index in [1.54, 1.807) is 6.08 Å². The molecule has 0 bridgehead atoms. The summed E-state index contributed by atoms with van der Waals surface area (Å²) in [4.78, 5) is 23.2. The Morgan fingerprint density at radius 3 is 2.41 bits per heavy atom. The Balaban J connectivity index is 2.04. The molecule has 0 spiro atoms. The molecule has 0 aliphatic carbocycles. The highest BCUT2D eigenvalue weighted by atomic mass is 19.1. The van der Waals surface area contributed by atoms with Crippen molar-refractivity contribution in [3.05, 3.63) is 53.7 Å². The average molecular weight is 307 g/mol. The minimum atomic E-state index is -1.31. The number of carbonyl (C=O) groups is 2. The number of benzene rings is 1. The van der Waals surface area contributed by atoms with Gasteiger partial charge in [-0.1, -0.05) is 0 Å². The molecule has 2 N–H and O–H groups in total. The molecule has 1 aliphatic rings. The summed E-state index contributed by atoms with van der Waals surface area (Å²) in [5, 5.41) is 17.7. The third kappa shape index (κ3) is 4.08. The normalized spacial score (nSPS) is 15.2. The van der Waals surface area contributed by atoms with Crippen LogP contribution in [0.3, 0.4) is 0 Å². The van der Waals surface area contributed by atoms with Gasteiger partial charge in [-0.25, -0.2) is 14.0 Å². The molecule has 0 amide bonds. The molecule has 0 radical (unpaired) electrons. The van der Waals surface area contributed by atoms with Gasteiger partial charge < -0.3 is 19.8 Å². The molecule has 0 unspecified atom stereocenters. The molecule has 1 aromatic carbocycles. The summed E-state index contributed by atoms with van der Waals surface area (Å²) in [7, 11) is 0. The Labute approximate surface area is 125 Å². The van der Waals surface area contributed by atoms with Gasteiger partial charge in [0.25, 0.3) is 0 Å². The van der Waals surface area contributed by atoms with E-state index in [1.165, 1.54) is 29.2 Å². The second-order valence-corrected chi connectivity index (χ2v) is 4.60. The maximum absolute atomic E-state index is 12.8. The summed E-state index contributed by atoms with van der Waals surface area (Å²) >= 11 is 0. The van der Waals surface area contributed by atoms with Crippen molar-refractivity contribution in [2.24, 2.45) is 0 Å². The van der Waals surface area contributed by atoms with E-state index in [-0.39, 0.29) is 18.1 Å². The number of hydrogen-bond donors (Lipinski definition) is 2. The summed E-state index contributed by atoms with van der Waals surface area (Å²) in [6, 6.07) is 5.55. The fourth-order valence-corrected chi connectivity index (χ4v) is 2.02. The predicted molar refractivity (Wildman–Crippen MR) is 74.7 cm³/mol. The first kappa shape index (κ1) is 15.6. The van der Waals surface area contributed by atoms with Gasteiger partial charge in [0.15, 0.2) is 0 Å². The lowest BCUT2D eigenvalue weighted by molar-refractivity contribution is -0.136. The van der Waals surface area contributed by atoms with Crippen LogP contribution in [0.15, 0.2) is 47.9 Å². The maximum atomic E-state index is 12.8. The second kappa shape index (κ2) is 6.75. The van der Waals surface area contributed by atoms with Gasteiger partial charge in [-0.05, 0) is 30.3 Å². The van der Waals surface area contributed by atoms with Crippen LogP contribution in [0.2, 0.25) is 0 Å². The Kier molecular flexibility index (Phi) is 4.77. The predicted octanol–water partition coefficient (Wildman–Crippen LogP) is 1.85. The zero-order chi connectivity index (χ0) is 16.1. The maximum Gasteiger partial charge on any atom is 0.352 e. The summed E-state index contributed by atoms with van der Waals surface area (Å²) in [6.45, 7) is 0.542. The van der Waals surface area contributed by atoms with Crippen LogP contribution in [0.4, 0.5) is 4.39 Å². The average Bonchev–Trinajstić information content (AvgIpc) is 2.48. The smallest absolute Gasteiger partial charge is 0.352 e. The van der Waals surface area contributed by atoms with E-state index < -0.39 is 11.9 Å². The molecular formula is C15H14FNO5. The van der Waals surface area contributed by atoms with Gasteiger partial charge in [0, 0.05) is 19.5 Å². The zero-order valence-corrected chi connectivity index (χ0v) is 11.5. The van der Waals surface area contributed by atoms with Crippen LogP contribution in [-0.2, 0) is 9.59 Å². The Bertz CT molecular complexity index is 636. The fraction of sp³-hybridized carbons (Fsp3) is 0.200. The number of nitrogens with zero attached hydrogens (tertiary/aromatic N) is 1. The lowest BCUT2D eigenvalue weighted by atomic mass is 10.2. The van der Waals surface area contributed by atoms with Crippen LogP contribution in [0.5, 0.6) is 5.75 Å². The molecule has 0 aromatic heterocycles. The third-order valence-corrected chi connectivity index (χ3v) is 3.05. The number of halogens is 1. The number of carboxylic acids is 2. The molecule has 7 heteroatoms. The summed E-state index contributed by atoms with van der Waals surface area (Å²) in [6.07, 6.45) is 2.76. The monoisotopic (exact) mass is 307 g/mol. The first-order valence-electron chi connectivity index (χ1n) is 6.51. The molecule has 1 aromatic rings. The van der Waals surface area contributed by atoms with Gasteiger partial charge >= 0.3 is 11.9 Å². The largest absolute Gasteiger partial charge is 0.478 e. The van der Waals surface area contributed by atoms with Gasteiger partial charge in [-0.15, -0.1) is 0 Å². The molecule has 2 rings (SSSR count). The van der Waals surface area contributed by atoms with E-state index in [9.17, 15) is 14.0 Å². The van der Waals surface area contributed by atoms with Crippen LogP contribution in [0.25, 0.3) is 0 Å². The summed E-state index contributed by atoms with van der Waals surface area (Å²) < 4.78 is 18.4. The van der Waals surface area contributed by atoms with Crippen molar-refractivity contribution >= 4 is 11.9 Å². The van der Waals surface area contributed by atoms with Crippen molar-refractivity contribution in [3.8, 4) is 5.75 Å². The SMILES string of the molecule is O=C(O)/C=C(\C(=O)O)N1CC=C(Oc2ccc(F)cc2)CC1. The van der Waals surface area contributed by atoms with Gasteiger partial charge in [0.2, 0.25) is 0 Å². The number of rotatable bonds is 5. The molecule has 1 heterocycles. The number of hydrogen-bond acceptors (Lipinski definition) is 4. The van der Waals surface area contributed by atoms with E-state index >= 15 is 0 Å². The first-order valence-corrected chi connectivity index (χ1v) is 6.51. The van der Waals surface area contributed by atoms with E-state index in [1.807, 2.05) is 0 Å². The Morgan fingerprint density at radius 1 is 1.23 bits per heavy atom. The van der Waals surface area contributed by atoms with Gasteiger partial charge in [-0.3, -0.25) is 0 Å². The van der Waals surface area contributed by atoms with Crippen LogP contribution in [0, 0.1) is 5.82 Å². The first-order chi connectivity index (χ1) is 10.5. The van der Waals surface area contributed by atoms with Gasteiger partial charge in [0.1, 0.15) is 23.0 Å². The van der Waals surface area contributed by atoms with Crippen LogP contribution in [-0.4, -0.2) is 40.1 Å². The number of carboxylic acid groups (broad SMARTS) is 2. The van der Waals surface area contributed by atoms with Crippen LogP contribution in [0.1, 0.15) is 6.42 Å². The second-order valence-electron chi connectivity index (χ2n) is 4.60. The molecule has 6 nitrogen and oxygen atoms in total. The van der Waals surface area contributed by atoms with Crippen molar-refractivity contribution in [2.75, 3.05) is 13.1 Å². The molecule has 116 valence electrons. The molecule has 0 atom stereocenters. The minimum absolute atomic E-state index is 0.224. The minimum Gasteiger partial charge on any atom is -0.478 e. The van der Waals surface area contributed by atoms with Crippen molar-refractivity contribution in [1.29, 1.82) is 0 Å². The standard InChI is InChI=1S/C15H14FNO5/c16-10-1-3-11(4-2-10)22-12-5-7-17(8-6-12)13(15(20)21)9-14(18)19/h1-5,9H,6-8H2,(H,18,19)(H,20,21)/b13-9+. The van der Waals surface area contributed by atoms with Crippen LogP contribution < -0.4 is 4.74 Å². The Morgan fingerprint density at radius 2 is 1.91 bits per heavy atom. The van der Waals surface area contributed by atoms with E-state index in [0.717, 1.165) is 0 Å². The van der Waals surface area contributed by atoms with E-state index in [2.05, 4.69) is 0 Å². The molecule has 0 saturated carbocycles. The molecule has 22 heavy (non-hydrogen) atoms. The highest BCUT2D eigenvalue weighted by Gasteiger charge is 2.21. The molecule has 1 aliphatic heterocycles. The lowest BCUT2D eigenvalue weighted by Crippen LogP contribution is -2.33.